The number of aromatic nitrogens is 1. The highest BCUT2D eigenvalue weighted by atomic mass is 32.1. The maximum Gasteiger partial charge on any atom is 0.231 e. The van der Waals surface area contributed by atoms with Crippen LogP contribution in [-0.2, 0) is 0 Å². The first-order valence-corrected chi connectivity index (χ1v) is 8.52. The van der Waals surface area contributed by atoms with E-state index in [9.17, 15) is 5.26 Å². The molecule has 0 fully saturated rings. The molecule has 130 valence electrons. The van der Waals surface area contributed by atoms with Crippen LogP contribution >= 0.6 is 12.2 Å². The molecule has 0 spiro atoms. The van der Waals surface area contributed by atoms with Crippen LogP contribution in [0.15, 0.2) is 18.2 Å². The lowest BCUT2D eigenvalue weighted by Gasteiger charge is -2.11. The van der Waals surface area contributed by atoms with Gasteiger partial charge in [0.1, 0.15) is 11.9 Å². The molecule has 3 rings (SSSR count). The Morgan fingerprint density at radius 2 is 2.04 bits per heavy atom. The fourth-order valence-corrected chi connectivity index (χ4v) is 2.75. The zero-order valence-electron chi connectivity index (χ0n) is 13.9. The minimum Gasteiger partial charge on any atom is -0.454 e. The predicted molar refractivity (Wildman–Crippen MR) is 100.0 cm³/mol. The standard InChI is InChI=1S/C17H19N5O2S/c1-2-19-17(25)21-5-3-4-20-16-12(9-18)6-11-7-14-15(24-10-23-14)8-13(11)22-16/h6-8H,2-5,10H2,1H3,(H,20,22)(H2,19,21,25). The van der Waals surface area contributed by atoms with E-state index in [1.54, 1.807) is 0 Å². The van der Waals surface area contributed by atoms with Crippen LogP contribution in [0.3, 0.4) is 0 Å². The van der Waals surface area contributed by atoms with E-state index in [1.165, 1.54) is 0 Å². The largest absolute Gasteiger partial charge is 0.454 e. The van der Waals surface area contributed by atoms with Crippen molar-refractivity contribution >= 4 is 34.1 Å². The van der Waals surface area contributed by atoms with Crippen molar-refractivity contribution in [3.63, 3.8) is 0 Å². The molecule has 0 bridgehead atoms. The summed E-state index contributed by atoms with van der Waals surface area (Å²) in [6, 6.07) is 7.68. The molecule has 1 aliphatic heterocycles. The molecular weight excluding hydrogens is 338 g/mol. The zero-order chi connectivity index (χ0) is 17.6. The highest BCUT2D eigenvalue weighted by molar-refractivity contribution is 7.80. The number of pyridine rings is 1. The summed E-state index contributed by atoms with van der Waals surface area (Å²) in [4.78, 5) is 4.56. The van der Waals surface area contributed by atoms with Crippen LogP contribution in [0.1, 0.15) is 18.9 Å². The Hall–Kier alpha value is -2.79. The molecular formula is C17H19N5O2S. The van der Waals surface area contributed by atoms with E-state index in [2.05, 4.69) is 27.0 Å². The van der Waals surface area contributed by atoms with Crippen molar-refractivity contribution in [2.75, 3.05) is 31.7 Å². The van der Waals surface area contributed by atoms with Crippen molar-refractivity contribution in [2.24, 2.45) is 0 Å². The number of nitrogens with zero attached hydrogens (tertiary/aromatic N) is 2. The predicted octanol–water partition coefficient (Wildman–Crippen LogP) is 2.12. The van der Waals surface area contributed by atoms with Crippen LogP contribution < -0.4 is 25.4 Å². The van der Waals surface area contributed by atoms with Crippen molar-refractivity contribution in [3.05, 3.63) is 23.8 Å². The molecule has 8 heteroatoms. The maximum atomic E-state index is 9.38. The fraction of sp³-hybridized carbons (Fsp3) is 0.353. The summed E-state index contributed by atoms with van der Waals surface area (Å²) in [7, 11) is 0. The third kappa shape index (κ3) is 4.00. The van der Waals surface area contributed by atoms with E-state index in [4.69, 9.17) is 21.7 Å². The lowest BCUT2D eigenvalue weighted by molar-refractivity contribution is 0.174. The number of nitrogens with one attached hydrogen (secondary N) is 3. The molecule has 0 radical (unpaired) electrons. The fourth-order valence-electron chi connectivity index (χ4n) is 2.50. The highest BCUT2D eigenvalue weighted by Gasteiger charge is 2.16. The van der Waals surface area contributed by atoms with Crippen LogP contribution in [0.4, 0.5) is 5.82 Å². The number of benzene rings is 1. The van der Waals surface area contributed by atoms with Gasteiger partial charge in [0.15, 0.2) is 16.6 Å². The van der Waals surface area contributed by atoms with E-state index < -0.39 is 0 Å². The van der Waals surface area contributed by atoms with Crippen molar-refractivity contribution in [1.29, 1.82) is 5.26 Å². The van der Waals surface area contributed by atoms with Gasteiger partial charge in [-0.05, 0) is 37.7 Å². The molecule has 2 aromatic rings. The summed E-state index contributed by atoms with van der Waals surface area (Å²) in [6.45, 7) is 4.43. The molecule has 25 heavy (non-hydrogen) atoms. The van der Waals surface area contributed by atoms with Crippen molar-refractivity contribution in [1.82, 2.24) is 15.6 Å². The van der Waals surface area contributed by atoms with Gasteiger partial charge in [0.2, 0.25) is 6.79 Å². The summed E-state index contributed by atoms with van der Waals surface area (Å²) in [5.41, 5.74) is 1.26. The van der Waals surface area contributed by atoms with Gasteiger partial charge in [-0.1, -0.05) is 0 Å². The Kier molecular flexibility index (Phi) is 5.36. The van der Waals surface area contributed by atoms with Gasteiger partial charge in [0, 0.05) is 31.1 Å². The summed E-state index contributed by atoms with van der Waals surface area (Å²) in [6.07, 6.45) is 0.845. The van der Waals surface area contributed by atoms with Gasteiger partial charge >= 0.3 is 0 Å². The van der Waals surface area contributed by atoms with E-state index in [1.807, 2.05) is 25.1 Å². The van der Waals surface area contributed by atoms with Gasteiger partial charge in [-0.3, -0.25) is 0 Å². The van der Waals surface area contributed by atoms with Crippen LogP contribution in [0, 0.1) is 11.3 Å². The van der Waals surface area contributed by atoms with E-state index in [-0.39, 0.29) is 6.79 Å². The molecule has 2 heterocycles. The molecule has 0 amide bonds. The van der Waals surface area contributed by atoms with Crippen LogP contribution in [0.5, 0.6) is 11.5 Å². The molecule has 0 saturated carbocycles. The van der Waals surface area contributed by atoms with Crippen LogP contribution in [0.25, 0.3) is 10.9 Å². The monoisotopic (exact) mass is 357 g/mol. The lowest BCUT2D eigenvalue weighted by Crippen LogP contribution is -2.35. The average Bonchev–Trinajstić information content (AvgIpc) is 3.06. The Balaban J connectivity index is 1.65. The van der Waals surface area contributed by atoms with E-state index in [0.717, 1.165) is 30.4 Å². The Morgan fingerprint density at radius 3 is 2.80 bits per heavy atom. The van der Waals surface area contributed by atoms with E-state index in [0.29, 0.717) is 34.5 Å². The first kappa shape index (κ1) is 17.0. The summed E-state index contributed by atoms with van der Waals surface area (Å²) >= 11 is 5.11. The number of rotatable bonds is 6. The third-order valence-electron chi connectivity index (χ3n) is 3.70. The molecule has 1 aromatic heterocycles. The van der Waals surface area contributed by atoms with Gasteiger partial charge in [-0.15, -0.1) is 0 Å². The smallest absolute Gasteiger partial charge is 0.231 e. The lowest BCUT2D eigenvalue weighted by atomic mass is 10.1. The summed E-state index contributed by atoms with van der Waals surface area (Å²) in [5, 5.41) is 20.3. The van der Waals surface area contributed by atoms with Gasteiger partial charge in [0.25, 0.3) is 0 Å². The minimum absolute atomic E-state index is 0.212. The zero-order valence-corrected chi connectivity index (χ0v) is 14.7. The maximum absolute atomic E-state index is 9.38. The number of ether oxygens (including phenoxy) is 2. The van der Waals surface area contributed by atoms with Crippen LogP contribution in [-0.4, -0.2) is 36.5 Å². The van der Waals surface area contributed by atoms with Gasteiger partial charge in [-0.25, -0.2) is 4.98 Å². The second-order valence-electron chi connectivity index (χ2n) is 5.46. The molecule has 0 unspecified atom stereocenters. The number of hydrogen-bond donors (Lipinski definition) is 3. The summed E-state index contributed by atoms with van der Waals surface area (Å²) in [5.74, 6) is 1.93. The van der Waals surface area contributed by atoms with Gasteiger partial charge in [0.05, 0.1) is 11.1 Å². The normalized spacial score (nSPS) is 11.8. The number of thiocarbonyl (C=S) groups is 1. The Bertz CT molecular complexity index is 834. The Labute approximate surface area is 151 Å². The number of fused-ring (bicyclic) bond motifs is 2. The van der Waals surface area contributed by atoms with Crippen molar-refractivity contribution < 1.29 is 9.47 Å². The SMILES string of the molecule is CCNC(=S)NCCCNc1nc2cc3c(cc2cc1C#N)OCO3. The van der Waals surface area contributed by atoms with Crippen LogP contribution in [0.2, 0.25) is 0 Å². The van der Waals surface area contributed by atoms with Gasteiger partial charge in [-0.2, -0.15) is 5.26 Å². The quantitative estimate of drug-likeness (QED) is 0.535. The molecule has 7 nitrogen and oxygen atoms in total. The topological polar surface area (TPSA) is 91.2 Å². The van der Waals surface area contributed by atoms with E-state index >= 15 is 0 Å². The number of nitriles is 1. The first-order valence-electron chi connectivity index (χ1n) is 8.11. The summed E-state index contributed by atoms with van der Waals surface area (Å²) < 4.78 is 10.8. The number of hydrogen-bond acceptors (Lipinski definition) is 6. The Morgan fingerprint density at radius 1 is 1.24 bits per heavy atom. The molecule has 0 atom stereocenters. The molecule has 1 aromatic carbocycles. The second kappa shape index (κ2) is 7.85. The first-order chi connectivity index (χ1) is 12.2. The second-order valence-corrected chi connectivity index (χ2v) is 5.87. The number of anilines is 1. The average molecular weight is 357 g/mol. The highest BCUT2D eigenvalue weighted by Crippen LogP contribution is 2.36. The molecule has 0 aliphatic carbocycles. The third-order valence-corrected chi connectivity index (χ3v) is 3.99. The minimum atomic E-state index is 0.212. The molecule has 1 aliphatic rings. The van der Waals surface area contributed by atoms with Crippen molar-refractivity contribution in [2.45, 2.75) is 13.3 Å². The molecule has 3 N–H and O–H groups in total. The van der Waals surface area contributed by atoms with Gasteiger partial charge < -0.3 is 25.4 Å². The molecule has 0 saturated heterocycles. The van der Waals surface area contributed by atoms with Crippen molar-refractivity contribution in [3.8, 4) is 17.6 Å².